The lowest BCUT2D eigenvalue weighted by Crippen LogP contribution is -2.63. The third-order valence-electron chi connectivity index (χ3n) is 10.6. The molecule has 0 fully saturated rings. The molecular weight excluding hydrogens is 649 g/mol. The van der Waals surface area contributed by atoms with Crippen LogP contribution in [-0.4, -0.2) is 94.2 Å². The molecule has 0 N–H and O–H groups in total. The summed E-state index contributed by atoms with van der Waals surface area (Å²) in [4.78, 5) is 9.19. The van der Waals surface area contributed by atoms with E-state index in [1.807, 2.05) is 0 Å². The fourth-order valence-electron chi connectivity index (χ4n) is 8.64. The van der Waals surface area contributed by atoms with Crippen LogP contribution < -0.4 is 18.3 Å². The Hall–Kier alpha value is -5.40. The zero-order valence-corrected chi connectivity index (χ0v) is 31.2. The Balaban J connectivity index is 1.48. The van der Waals surface area contributed by atoms with Crippen LogP contribution in [0.2, 0.25) is 0 Å². The lowest BCUT2D eigenvalue weighted by Gasteiger charge is -2.21. The average molecular weight is 697 g/mol. The summed E-state index contributed by atoms with van der Waals surface area (Å²) < 4.78 is 19.3. The zero-order valence-electron chi connectivity index (χ0n) is 31.2. The highest BCUT2D eigenvalue weighted by molar-refractivity contribution is 5.75. The second-order valence-electron chi connectivity index (χ2n) is 14.9. The van der Waals surface area contributed by atoms with E-state index in [9.17, 15) is 0 Å². The minimum absolute atomic E-state index is 0.174. The monoisotopic (exact) mass is 696 g/mol. The molecule has 5 heterocycles. The van der Waals surface area contributed by atoms with E-state index in [1.54, 1.807) is 0 Å². The largest absolute Gasteiger partial charge is 0.304 e. The van der Waals surface area contributed by atoms with Crippen molar-refractivity contribution >= 4 is 44.1 Å². The Bertz CT molecular complexity index is 2090. The molecule has 1 aliphatic heterocycles. The van der Waals surface area contributed by atoms with Gasteiger partial charge in [0.05, 0.1) is 0 Å². The molecule has 0 atom stereocenters. The number of imidazole rings is 4. The first-order chi connectivity index (χ1) is 25.2. The molecule has 4 aromatic heterocycles. The number of benzene rings is 4. The molecule has 0 amide bonds. The SMILES string of the molecule is CN(C)C1n2c[n+](c3ccccc32)C(N(C)C)n2c[n+](c3ccccc32)C(N(C)C)[n+]2cn(c3ccccc32)C(N(C)C)[n+]2cn1c1ccccc12. The Labute approximate surface area is 303 Å². The molecule has 52 heavy (non-hydrogen) atoms. The Morgan fingerprint density at radius 2 is 0.673 bits per heavy atom. The van der Waals surface area contributed by atoms with E-state index in [0.29, 0.717) is 0 Å². The topological polar surface area (TPSA) is 48.2 Å². The van der Waals surface area contributed by atoms with Gasteiger partial charge in [-0.25, -0.2) is 19.6 Å². The first kappa shape index (κ1) is 32.5. The van der Waals surface area contributed by atoms with Gasteiger partial charge in [0.15, 0.2) is 44.1 Å². The van der Waals surface area contributed by atoms with Crippen LogP contribution in [0.1, 0.15) is 25.2 Å². The predicted molar refractivity (Wildman–Crippen MR) is 201 cm³/mol. The van der Waals surface area contributed by atoms with Gasteiger partial charge in [-0.3, -0.25) is 0 Å². The van der Waals surface area contributed by atoms with Crippen LogP contribution >= 0.6 is 0 Å². The second-order valence-corrected chi connectivity index (χ2v) is 14.9. The minimum Gasteiger partial charge on any atom is -0.233 e. The smallest absolute Gasteiger partial charge is 0.233 e. The Kier molecular flexibility index (Phi) is 7.56. The van der Waals surface area contributed by atoms with Gasteiger partial charge in [0, 0.05) is 0 Å². The van der Waals surface area contributed by atoms with Crippen LogP contribution in [0.25, 0.3) is 44.1 Å². The summed E-state index contributed by atoms with van der Waals surface area (Å²) in [6, 6.07) is 35.1. The number of hydrogen-bond donors (Lipinski definition) is 0. The summed E-state index contributed by atoms with van der Waals surface area (Å²) in [6.45, 7) is 0. The van der Waals surface area contributed by atoms with Crippen LogP contribution in [0, 0.1) is 0 Å². The number of hydrogen-bond acceptors (Lipinski definition) is 4. The summed E-state index contributed by atoms with van der Waals surface area (Å²) in [5, 5.41) is 0. The van der Waals surface area contributed by atoms with Gasteiger partial charge in [-0.2, -0.15) is 36.5 Å². The van der Waals surface area contributed by atoms with Crippen LogP contribution in [0.3, 0.4) is 0 Å². The lowest BCUT2D eigenvalue weighted by atomic mass is 10.3. The first-order valence-electron chi connectivity index (χ1n) is 17.8. The van der Waals surface area contributed by atoms with Crippen molar-refractivity contribution in [2.45, 2.75) is 25.2 Å². The van der Waals surface area contributed by atoms with Crippen LogP contribution in [0.5, 0.6) is 0 Å². The van der Waals surface area contributed by atoms with Gasteiger partial charge in [-0.05, 0) is 105 Å². The van der Waals surface area contributed by atoms with Crippen molar-refractivity contribution in [3.63, 3.8) is 0 Å². The standard InChI is InChI=1S/C40H48N12/c1-41(2)37-45-25-47(31-19-11-9-17-29(31)45)38(42(3)4)49-27-51(35-23-15-13-21-33(35)49)40(44(7)8)52-28-50(34-22-14-16-24-36(34)52)39(43(5)6)48-26-46(37)30-18-10-12-20-32(30)48/h9-28,37-40H,1-8H3/q+4. The lowest BCUT2D eigenvalue weighted by molar-refractivity contribution is -0.945. The van der Waals surface area contributed by atoms with Gasteiger partial charge in [0.25, 0.3) is 25.3 Å². The Morgan fingerprint density at radius 3 is 1.00 bits per heavy atom. The van der Waals surface area contributed by atoms with Crippen molar-refractivity contribution in [1.29, 1.82) is 0 Å². The highest BCUT2D eigenvalue weighted by atomic mass is 15.5. The number of rotatable bonds is 4. The molecule has 12 nitrogen and oxygen atoms in total. The fourth-order valence-corrected chi connectivity index (χ4v) is 8.64. The van der Waals surface area contributed by atoms with Crippen LogP contribution in [0.15, 0.2) is 122 Å². The summed E-state index contributed by atoms with van der Waals surface area (Å²) in [5.41, 5.74) is 9.20. The van der Waals surface area contributed by atoms with E-state index < -0.39 is 0 Å². The van der Waals surface area contributed by atoms with Crippen molar-refractivity contribution in [3.05, 3.63) is 122 Å². The summed E-state index contributed by atoms with van der Waals surface area (Å²) in [5.74, 6) is 0. The normalized spacial score (nSPS) is 19.5. The number of aromatic nitrogens is 8. The molecule has 8 aromatic rings. The predicted octanol–water partition coefficient (Wildman–Crippen LogP) is 3.23. The molecule has 0 unspecified atom stereocenters. The maximum atomic E-state index is 2.42. The van der Waals surface area contributed by atoms with Gasteiger partial charge in [-0.1, -0.05) is 48.5 Å². The number of nitrogens with zero attached hydrogens (tertiary/aromatic N) is 12. The average Bonchev–Trinajstić information content (AvgIpc) is 3.88. The molecule has 264 valence electrons. The molecule has 0 radical (unpaired) electrons. The zero-order chi connectivity index (χ0) is 36.0. The highest BCUT2D eigenvalue weighted by Crippen LogP contribution is 2.29. The molecule has 8 bridgehead atoms. The first-order valence-corrected chi connectivity index (χ1v) is 17.8. The summed E-state index contributed by atoms with van der Waals surface area (Å²) >= 11 is 0. The van der Waals surface area contributed by atoms with Crippen molar-refractivity contribution in [2.75, 3.05) is 56.4 Å². The van der Waals surface area contributed by atoms with Crippen molar-refractivity contribution in [3.8, 4) is 0 Å². The van der Waals surface area contributed by atoms with Gasteiger partial charge in [0.2, 0.25) is 0 Å². The second kappa shape index (κ2) is 12.1. The molecule has 12 heteroatoms. The highest BCUT2D eigenvalue weighted by Gasteiger charge is 2.43. The molecule has 1 aliphatic rings. The van der Waals surface area contributed by atoms with E-state index in [1.165, 1.54) is 0 Å². The molecular formula is C40H48N12+4. The summed E-state index contributed by atoms with van der Waals surface area (Å²) in [7, 11) is 17.3. The van der Waals surface area contributed by atoms with E-state index in [2.05, 4.69) is 235 Å². The van der Waals surface area contributed by atoms with Gasteiger partial charge < -0.3 is 0 Å². The molecule has 0 saturated heterocycles. The molecule has 4 aromatic carbocycles. The minimum atomic E-state index is -0.174. The van der Waals surface area contributed by atoms with E-state index >= 15 is 0 Å². The van der Waals surface area contributed by atoms with Gasteiger partial charge in [-0.15, -0.1) is 0 Å². The fraction of sp³-hybridized carbons (Fsp3) is 0.300. The molecule has 0 spiro atoms. The molecule has 0 saturated carbocycles. The summed E-state index contributed by atoms with van der Waals surface area (Å²) in [6.07, 6.45) is 8.51. The van der Waals surface area contributed by atoms with Crippen molar-refractivity contribution in [1.82, 2.24) is 37.9 Å². The van der Waals surface area contributed by atoms with E-state index in [4.69, 9.17) is 0 Å². The Morgan fingerprint density at radius 1 is 0.365 bits per heavy atom. The third kappa shape index (κ3) is 4.68. The van der Waals surface area contributed by atoms with Gasteiger partial charge in [0.1, 0.15) is 0 Å². The maximum absolute atomic E-state index is 2.42. The molecule has 9 rings (SSSR count). The van der Waals surface area contributed by atoms with Crippen LogP contribution in [-0.2, 0) is 0 Å². The quantitative estimate of drug-likeness (QED) is 0.266. The third-order valence-corrected chi connectivity index (χ3v) is 10.6. The number of para-hydroxylation sites is 8. The molecule has 0 aliphatic carbocycles. The number of fused-ring (bicyclic) bond motifs is 20. The van der Waals surface area contributed by atoms with Crippen LogP contribution in [0.4, 0.5) is 0 Å². The van der Waals surface area contributed by atoms with Crippen molar-refractivity contribution < 1.29 is 18.3 Å². The van der Waals surface area contributed by atoms with Crippen molar-refractivity contribution in [2.24, 2.45) is 0 Å². The maximum Gasteiger partial charge on any atom is 0.304 e. The van der Waals surface area contributed by atoms with Gasteiger partial charge >= 0.3 is 25.2 Å². The van der Waals surface area contributed by atoms with E-state index in [-0.39, 0.29) is 25.2 Å². The van der Waals surface area contributed by atoms with E-state index in [0.717, 1.165) is 44.1 Å².